The Balaban J connectivity index is 2.00. The molecule has 3 rings (SSSR count). The van der Waals surface area contributed by atoms with Crippen LogP contribution in [0.3, 0.4) is 0 Å². The van der Waals surface area contributed by atoms with Crippen LogP contribution in [0.4, 0.5) is 0 Å². The van der Waals surface area contributed by atoms with Crippen LogP contribution in [0.1, 0.15) is 24.0 Å². The van der Waals surface area contributed by atoms with Gasteiger partial charge in [0.1, 0.15) is 0 Å². The highest BCUT2D eigenvalue weighted by atomic mass is 32.2. The standard InChI is InChI=1S/C18H21NOS/c1-15-8-5-6-12-18(15)21(20)17(11-7-13-19-21)14-16-9-3-2-4-10-16/h2-6,8-10,12,17H,7,11,13-14H2,1H3/t17-,21-/m0/s1. The van der Waals surface area contributed by atoms with Crippen molar-refractivity contribution in [2.75, 3.05) is 6.54 Å². The monoisotopic (exact) mass is 299 g/mol. The number of benzene rings is 2. The molecule has 0 spiro atoms. The highest BCUT2D eigenvalue weighted by Crippen LogP contribution is 2.30. The lowest BCUT2D eigenvalue weighted by molar-refractivity contribution is 0.611. The second-order valence-electron chi connectivity index (χ2n) is 5.64. The molecule has 0 aliphatic carbocycles. The molecule has 0 amide bonds. The topological polar surface area (TPSA) is 29.4 Å². The van der Waals surface area contributed by atoms with Gasteiger partial charge in [0, 0.05) is 6.54 Å². The van der Waals surface area contributed by atoms with Crippen LogP contribution in [0.5, 0.6) is 0 Å². The van der Waals surface area contributed by atoms with Crippen molar-refractivity contribution in [3.05, 3.63) is 65.7 Å². The predicted molar refractivity (Wildman–Crippen MR) is 88.1 cm³/mol. The summed E-state index contributed by atoms with van der Waals surface area (Å²) in [6, 6.07) is 18.3. The van der Waals surface area contributed by atoms with E-state index in [4.69, 9.17) is 0 Å². The van der Waals surface area contributed by atoms with E-state index in [2.05, 4.69) is 16.5 Å². The molecule has 0 saturated heterocycles. The molecule has 3 heteroatoms. The Labute approximate surface area is 127 Å². The van der Waals surface area contributed by atoms with Crippen LogP contribution in [0.25, 0.3) is 0 Å². The van der Waals surface area contributed by atoms with E-state index in [0.717, 1.165) is 36.3 Å². The maximum atomic E-state index is 13.6. The summed E-state index contributed by atoms with van der Waals surface area (Å²) in [5.41, 5.74) is 2.34. The lowest BCUT2D eigenvalue weighted by atomic mass is 10.1. The summed E-state index contributed by atoms with van der Waals surface area (Å²) in [6.45, 7) is 2.75. The van der Waals surface area contributed by atoms with Gasteiger partial charge in [0.25, 0.3) is 0 Å². The average Bonchev–Trinajstić information content (AvgIpc) is 2.51. The Hall–Kier alpha value is -1.61. The van der Waals surface area contributed by atoms with Crippen molar-refractivity contribution in [2.45, 2.75) is 36.3 Å². The maximum Gasteiger partial charge on any atom is 0.0787 e. The Bertz CT molecular complexity index is 730. The molecule has 0 fully saturated rings. The van der Waals surface area contributed by atoms with Crippen LogP contribution in [0.2, 0.25) is 0 Å². The van der Waals surface area contributed by atoms with Gasteiger partial charge in [-0.15, -0.1) is 0 Å². The van der Waals surface area contributed by atoms with E-state index in [0.29, 0.717) is 0 Å². The molecular formula is C18H21NOS. The first-order valence-electron chi connectivity index (χ1n) is 7.51. The van der Waals surface area contributed by atoms with Crippen molar-refractivity contribution >= 4 is 9.73 Å². The van der Waals surface area contributed by atoms with Gasteiger partial charge >= 0.3 is 0 Å². The molecule has 1 aliphatic heterocycles. The van der Waals surface area contributed by atoms with E-state index in [1.54, 1.807) is 0 Å². The molecule has 0 unspecified atom stereocenters. The highest BCUT2D eigenvalue weighted by molar-refractivity contribution is 7.94. The number of nitrogens with zero attached hydrogens (tertiary/aromatic N) is 1. The summed E-state index contributed by atoms with van der Waals surface area (Å²) >= 11 is 0. The Morgan fingerprint density at radius 3 is 2.57 bits per heavy atom. The molecule has 110 valence electrons. The number of hydrogen-bond acceptors (Lipinski definition) is 2. The zero-order chi connectivity index (χ0) is 14.7. The molecule has 2 atom stereocenters. The first-order chi connectivity index (χ1) is 10.2. The molecule has 0 radical (unpaired) electrons. The Kier molecular flexibility index (Phi) is 4.11. The summed E-state index contributed by atoms with van der Waals surface area (Å²) in [4.78, 5) is 0.936. The number of rotatable bonds is 3. The quantitative estimate of drug-likeness (QED) is 0.834. The van der Waals surface area contributed by atoms with E-state index in [-0.39, 0.29) is 5.25 Å². The first-order valence-corrected chi connectivity index (χ1v) is 9.09. The van der Waals surface area contributed by atoms with E-state index in [1.165, 1.54) is 5.56 Å². The van der Waals surface area contributed by atoms with Crippen LogP contribution in [-0.4, -0.2) is 16.0 Å². The molecule has 2 nitrogen and oxygen atoms in total. The van der Waals surface area contributed by atoms with Gasteiger partial charge in [0.05, 0.1) is 19.9 Å². The van der Waals surface area contributed by atoms with Gasteiger partial charge in [-0.3, -0.25) is 0 Å². The summed E-state index contributed by atoms with van der Waals surface area (Å²) in [7, 11) is -2.31. The van der Waals surface area contributed by atoms with Gasteiger partial charge in [0.2, 0.25) is 0 Å². The normalized spacial score (nSPS) is 25.3. The van der Waals surface area contributed by atoms with Crippen LogP contribution in [0, 0.1) is 6.92 Å². The summed E-state index contributed by atoms with van der Waals surface area (Å²) in [5, 5.41) is 0.120. The minimum atomic E-state index is -2.31. The second-order valence-corrected chi connectivity index (χ2v) is 8.14. The van der Waals surface area contributed by atoms with Crippen molar-refractivity contribution in [3.8, 4) is 0 Å². The second kappa shape index (κ2) is 6.02. The van der Waals surface area contributed by atoms with Gasteiger partial charge in [-0.25, -0.2) is 8.57 Å². The number of hydrogen-bond donors (Lipinski definition) is 0. The van der Waals surface area contributed by atoms with Crippen LogP contribution in [-0.2, 0) is 16.1 Å². The molecule has 0 aromatic heterocycles. The molecule has 2 aromatic carbocycles. The van der Waals surface area contributed by atoms with Gasteiger partial charge in [0.15, 0.2) is 0 Å². The lowest BCUT2D eigenvalue weighted by Gasteiger charge is -2.26. The molecule has 0 saturated carbocycles. The molecule has 1 heterocycles. The fourth-order valence-corrected chi connectivity index (χ4v) is 5.83. The van der Waals surface area contributed by atoms with E-state index < -0.39 is 9.73 Å². The summed E-state index contributed by atoms with van der Waals surface area (Å²) in [5.74, 6) is 0. The van der Waals surface area contributed by atoms with Gasteiger partial charge in [-0.2, -0.15) is 0 Å². The third-order valence-electron chi connectivity index (χ3n) is 4.13. The van der Waals surface area contributed by atoms with Crippen molar-refractivity contribution in [2.24, 2.45) is 4.36 Å². The SMILES string of the molecule is Cc1ccccc1[S@]1(=O)=NCCC[C@H]1Cc1ccccc1. The fourth-order valence-electron chi connectivity index (χ4n) is 3.01. The van der Waals surface area contributed by atoms with E-state index in [1.807, 2.05) is 49.4 Å². The first kappa shape index (κ1) is 14.3. The zero-order valence-electron chi connectivity index (χ0n) is 12.4. The third kappa shape index (κ3) is 2.88. The van der Waals surface area contributed by atoms with Gasteiger partial charge in [-0.1, -0.05) is 48.5 Å². The van der Waals surface area contributed by atoms with Gasteiger partial charge in [-0.05, 0) is 43.4 Å². The summed E-state index contributed by atoms with van der Waals surface area (Å²) < 4.78 is 18.2. The van der Waals surface area contributed by atoms with E-state index >= 15 is 0 Å². The third-order valence-corrected chi connectivity index (χ3v) is 7.09. The zero-order valence-corrected chi connectivity index (χ0v) is 13.2. The molecule has 2 aromatic rings. The van der Waals surface area contributed by atoms with Crippen LogP contribution in [0.15, 0.2) is 63.9 Å². The smallest absolute Gasteiger partial charge is 0.0787 e. The summed E-state index contributed by atoms with van der Waals surface area (Å²) in [6.07, 6.45) is 2.88. The van der Waals surface area contributed by atoms with Crippen LogP contribution < -0.4 is 0 Å². The van der Waals surface area contributed by atoms with Crippen LogP contribution >= 0.6 is 0 Å². The Morgan fingerprint density at radius 1 is 1.10 bits per heavy atom. The Morgan fingerprint density at radius 2 is 1.81 bits per heavy atom. The molecule has 21 heavy (non-hydrogen) atoms. The van der Waals surface area contributed by atoms with Crippen molar-refractivity contribution < 1.29 is 4.21 Å². The molecular weight excluding hydrogens is 278 g/mol. The largest absolute Gasteiger partial charge is 0.244 e. The molecule has 1 aliphatic rings. The van der Waals surface area contributed by atoms with Crippen molar-refractivity contribution in [3.63, 3.8) is 0 Å². The van der Waals surface area contributed by atoms with Crippen molar-refractivity contribution in [1.82, 2.24) is 0 Å². The lowest BCUT2D eigenvalue weighted by Crippen LogP contribution is -2.28. The molecule has 0 bridgehead atoms. The van der Waals surface area contributed by atoms with Gasteiger partial charge < -0.3 is 0 Å². The van der Waals surface area contributed by atoms with Crippen molar-refractivity contribution in [1.29, 1.82) is 0 Å². The highest BCUT2D eigenvalue weighted by Gasteiger charge is 2.29. The minimum Gasteiger partial charge on any atom is -0.244 e. The average molecular weight is 299 g/mol. The minimum absolute atomic E-state index is 0.120. The maximum absolute atomic E-state index is 13.6. The predicted octanol–water partition coefficient (Wildman–Crippen LogP) is 4.23. The fraction of sp³-hybridized carbons (Fsp3) is 0.333. The van der Waals surface area contributed by atoms with E-state index in [9.17, 15) is 4.21 Å². The molecule has 0 N–H and O–H groups in total. The number of aryl methyl sites for hydroxylation is 1.